The first-order valence-corrected chi connectivity index (χ1v) is 9.20. The fourth-order valence-corrected chi connectivity index (χ4v) is 2.51. The van der Waals surface area contributed by atoms with E-state index in [1.807, 2.05) is 49.4 Å². The summed E-state index contributed by atoms with van der Waals surface area (Å²) in [6.45, 7) is 5.23. The third-order valence-corrected chi connectivity index (χ3v) is 4.19. The molecule has 0 aliphatic carbocycles. The molecule has 1 aromatic heterocycles. The highest BCUT2D eigenvalue weighted by Gasteiger charge is 2.29. The van der Waals surface area contributed by atoms with E-state index in [2.05, 4.69) is 4.98 Å². The van der Waals surface area contributed by atoms with E-state index >= 15 is 0 Å². The Morgan fingerprint density at radius 1 is 1.10 bits per heavy atom. The molecule has 0 amide bonds. The van der Waals surface area contributed by atoms with Crippen molar-refractivity contribution in [3.63, 3.8) is 0 Å². The number of hydrogen-bond acceptors (Lipinski definition) is 5. The number of nitrogens with zero attached hydrogens (tertiary/aromatic N) is 1. The average molecular weight is 393 g/mol. The van der Waals surface area contributed by atoms with Gasteiger partial charge in [-0.15, -0.1) is 0 Å². The zero-order valence-corrected chi connectivity index (χ0v) is 16.6. The van der Waals surface area contributed by atoms with E-state index in [1.165, 1.54) is 13.8 Å². The van der Waals surface area contributed by atoms with Crippen molar-refractivity contribution >= 4 is 12.0 Å². The van der Waals surface area contributed by atoms with Crippen LogP contribution in [0, 0.1) is 6.92 Å². The molecule has 0 radical (unpaired) electrons. The lowest BCUT2D eigenvalue weighted by molar-refractivity contribution is -0.152. The summed E-state index contributed by atoms with van der Waals surface area (Å²) in [4.78, 5) is 15.6. The SMILES string of the molecule is Cc1oc(-c2ccccc2)nc1C=CCOc1ccc(OC(C)(C)C(=O)O)cc1. The number of benzene rings is 2. The Balaban J connectivity index is 1.56. The zero-order valence-electron chi connectivity index (χ0n) is 16.6. The van der Waals surface area contributed by atoms with Crippen LogP contribution in [-0.4, -0.2) is 28.3 Å². The smallest absolute Gasteiger partial charge is 0.347 e. The summed E-state index contributed by atoms with van der Waals surface area (Å²) in [7, 11) is 0. The third kappa shape index (κ3) is 5.25. The lowest BCUT2D eigenvalue weighted by Crippen LogP contribution is -2.37. The Morgan fingerprint density at radius 2 is 1.76 bits per heavy atom. The molecule has 1 heterocycles. The molecule has 3 aromatic rings. The van der Waals surface area contributed by atoms with Gasteiger partial charge in [-0.25, -0.2) is 9.78 Å². The van der Waals surface area contributed by atoms with Gasteiger partial charge in [-0.1, -0.05) is 18.2 Å². The van der Waals surface area contributed by atoms with Crippen LogP contribution in [0.2, 0.25) is 0 Å². The van der Waals surface area contributed by atoms with Gasteiger partial charge in [0, 0.05) is 5.56 Å². The van der Waals surface area contributed by atoms with Crippen molar-refractivity contribution in [2.75, 3.05) is 6.61 Å². The highest BCUT2D eigenvalue weighted by atomic mass is 16.5. The summed E-state index contributed by atoms with van der Waals surface area (Å²) >= 11 is 0. The van der Waals surface area contributed by atoms with Crippen molar-refractivity contribution in [3.05, 3.63) is 72.1 Å². The van der Waals surface area contributed by atoms with Crippen LogP contribution in [0.5, 0.6) is 11.5 Å². The van der Waals surface area contributed by atoms with Crippen LogP contribution in [-0.2, 0) is 4.79 Å². The van der Waals surface area contributed by atoms with Gasteiger partial charge in [-0.3, -0.25) is 0 Å². The second-order valence-electron chi connectivity index (χ2n) is 6.93. The van der Waals surface area contributed by atoms with Gasteiger partial charge in [0.15, 0.2) is 5.60 Å². The first-order chi connectivity index (χ1) is 13.8. The van der Waals surface area contributed by atoms with E-state index in [0.717, 1.165) is 17.0 Å². The molecule has 3 rings (SSSR count). The first kappa shape index (κ1) is 20.2. The summed E-state index contributed by atoms with van der Waals surface area (Å²) in [5, 5.41) is 9.11. The van der Waals surface area contributed by atoms with Crippen LogP contribution in [0.3, 0.4) is 0 Å². The number of carboxylic acid groups (broad SMARTS) is 1. The minimum Gasteiger partial charge on any atom is -0.490 e. The second kappa shape index (κ2) is 8.65. The molecule has 150 valence electrons. The van der Waals surface area contributed by atoms with Crippen molar-refractivity contribution in [1.82, 2.24) is 4.98 Å². The van der Waals surface area contributed by atoms with Crippen molar-refractivity contribution in [3.8, 4) is 23.0 Å². The van der Waals surface area contributed by atoms with Crippen LogP contribution < -0.4 is 9.47 Å². The van der Waals surface area contributed by atoms with Crippen molar-refractivity contribution in [2.24, 2.45) is 0 Å². The fourth-order valence-electron chi connectivity index (χ4n) is 2.51. The van der Waals surface area contributed by atoms with Gasteiger partial charge in [-0.2, -0.15) is 0 Å². The summed E-state index contributed by atoms with van der Waals surface area (Å²) in [5.74, 6) is 1.41. The van der Waals surface area contributed by atoms with E-state index in [1.54, 1.807) is 24.3 Å². The van der Waals surface area contributed by atoms with Crippen molar-refractivity contribution in [2.45, 2.75) is 26.4 Å². The van der Waals surface area contributed by atoms with Crippen LogP contribution >= 0.6 is 0 Å². The lowest BCUT2D eigenvalue weighted by Gasteiger charge is -2.21. The highest BCUT2D eigenvalue weighted by molar-refractivity contribution is 5.76. The molecule has 0 fully saturated rings. The van der Waals surface area contributed by atoms with E-state index in [9.17, 15) is 4.79 Å². The Bertz CT molecular complexity index is 988. The van der Waals surface area contributed by atoms with E-state index in [-0.39, 0.29) is 0 Å². The molecule has 0 aliphatic rings. The first-order valence-electron chi connectivity index (χ1n) is 9.20. The van der Waals surface area contributed by atoms with Gasteiger partial charge in [0.05, 0.1) is 0 Å². The number of ether oxygens (including phenoxy) is 2. The van der Waals surface area contributed by atoms with Crippen LogP contribution in [0.1, 0.15) is 25.3 Å². The Labute approximate surface area is 169 Å². The number of aromatic nitrogens is 1. The Morgan fingerprint density at radius 3 is 2.41 bits per heavy atom. The average Bonchev–Trinajstić information content (AvgIpc) is 3.07. The van der Waals surface area contributed by atoms with Crippen molar-refractivity contribution in [1.29, 1.82) is 0 Å². The van der Waals surface area contributed by atoms with E-state index in [0.29, 0.717) is 24.0 Å². The second-order valence-corrected chi connectivity index (χ2v) is 6.93. The number of rotatable bonds is 8. The molecule has 0 saturated heterocycles. The largest absolute Gasteiger partial charge is 0.490 e. The van der Waals surface area contributed by atoms with Crippen LogP contribution in [0.25, 0.3) is 17.5 Å². The molecule has 6 nitrogen and oxygen atoms in total. The zero-order chi connectivity index (χ0) is 20.9. The molecule has 29 heavy (non-hydrogen) atoms. The fraction of sp³-hybridized carbons (Fsp3) is 0.217. The van der Waals surface area contributed by atoms with Gasteiger partial charge in [0.25, 0.3) is 0 Å². The molecule has 1 N–H and O–H groups in total. The molecule has 2 aromatic carbocycles. The molecule has 0 unspecified atom stereocenters. The molecular weight excluding hydrogens is 370 g/mol. The monoisotopic (exact) mass is 393 g/mol. The predicted molar refractivity (Wildman–Crippen MR) is 110 cm³/mol. The Kier molecular flexibility index (Phi) is 6.02. The van der Waals surface area contributed by atoms with Gasteiger partial charge < -0.3 is 19.0 Å². The third-order valence-electron chi connectivity index (χ3n) is 4.19. The molecule has 0 spiro atoms. The normalized spacial score (nSPS) is 11.6. The number of oxazole rings is 1. The topological polar surface area (TPSA) is 81.8 Å². The highest BCUT2D eigenvalue weighted by Crippen LogP contribution is 2.23. The standard InChI is InChI=1S/C23H23NO5/c1-16-20(24-21(28-16)17-8-5-4-6-9-17)10-7-15-27-18-11-13-19(14-12-18)29-23(2,3)22(25)26/h4-14H,15H2,1-3H3,(H,25,26). The van der Waals surface area contributed by atoms with Gasteiger partial charge in [-0.05, 0) is 69.3 Å². The summed E-state index contributed by atoms with van der Waals surface area (Å²) in [6.07, 6.45) is 3.72. The summed E-state index contributed by atoms with van der Waals surface area (Å²) in [6, 6.07) is 16.6. The maximum Gasteiger partial charge on any atom is 0.347 e. The molecule has 0 saturated carbocycles. The maximum atomic E-state index is 11.1. The van der Waals surface area contributed by atoms with Gasteiger partial charge in [0.2, 0.25) is 5.89 Å². The number of carboxylic acids is 1. The molecule has 0 bridgehead atoms. The summed E-state index contributed by atoms with van der Waals surface area (Å²) in [5.41, 5.74) is 0.395. The summed E-state index contributed by atoms with van der Waals surface area (Å²) < 4.78 is 16.9. The number of aliphatic carboxylic acids is 1. The molecular formula is C23H23NO5. The molecule has 0 atom stereocenters. The van der Waals surface area contributed by atoms with Crippen molar-refractivity contribution < 1.29 is 23.8 Å². The molecule has 6 heteroatoms. The Hall–Kier alpha value is -3.54. The van der Waals surface area contributed by atoms with Gasteiger partial charge in [0.1, 0.15) is 29.6 Å². The quantitative estimate of drug-likeness (QED) is 0.581. The van der Waals surface area contributed by atoms with Crippen LogP contribution in [0.4, 0.5) is 0 Å². The van der Waals surface area contributed by atoms with Crippen LogP contribution in [0.15, 0.2) is 65.1 Å². The minimum atomic E-state index is -1.29. The maximum absolute atomic E-state index is 11.1. The van der Waals surface area contributed by atoms with E-state index < -0.39 is 11.6 Å². The lowest BCUT2D eigenvalue weighted by atomic mass is 10.1. The van der Waals surface area contributed by atoms with Gasteiger partial charge >= 0.3 is 5.97 Å². The molecule has 0 aliphatic heterocycles. The number of carbonyl (C=O) groups is 1. The minimum absolute atomic E-state index is 0.355. The number of aryl methyl sites for hydroxylation is 1. The predicted octanol–water partition coefficient (Wildman–Crippen LogP) is 4.98. The van der Waals surface area contributed by atoms with E-state index in [4.69, 9.17) is 19.0 Å². The number of hydrogen-bond donors (Lipinski definition) is 1.